The van der Waals surface area contributed by atoms with Crippen molar-refractivity contribution in [3.63, 3.8) is 0 Å². The molecule has 0 saturated heterocycles. The average Bonchev–Trinajstić information content (AvgIpc) is 3.14. The maximum atomic E-state index is 12.8. The zero-order chi connectivity index (χ0) is 19.1. The molecule has 0 saturated carbocycles. The number of carbonyl (C=O) groups is 1. The molecule has 0 spiro atoms. The largest absolute Gasteiger partial charge is 0.347 e. The van der Waals surface area contributed by atoms with Crippen LogP contribution in [0.15, 0.2) is 53.1 Å². The van der Waals surface area contributed by atoms with E-state index in [4.69, 9.17) is 16.1 Å². The normalized spacial score (nSPS) is 10.7. The van der Waals surface area contributed by atoms with Crippen LogP contribution in [0.5, 0.6) is 0 Å². The van der Waals surface area contributed by atoms with Crippen molar-refractivity contribution in [2.45, 2.75) is 32.2 Å². The number of hydrogen-bond acceptors (Lipinski definition) is 4. The first-order chi connectivity index (χ1) is 13.1. The Morgan fingerprint density at radius 2 is 1.81 bits per heavy atom. The summed E-state index contributed by atoms with van der Waals surface area (Å²) in [5.74, 6) is 0.494. The van der Waals surface area contributed by atoms with Crippen LogP contribution in [0.1, 0.15) is 30.7 Å². The zero-order valence-electron chi connectivity index (χ0n) is 14.6. The number of halogens is 2. The summed E-state index contributed by atoms with van der Waals surface area (Å²) in [5.41, 5.74) is 1.86. The van der Waals surface area contributed by atoms with Gasteiger partial charge in [0.1, 0.15) is 5.82 Å². The highest BCUT2D eigenvalue weighted by atomic mass is 35.5. The topological polar surface area (TPSA) is 68.0 Å². The third-order valence-corrected chi connectivity index (χ3v) is 4.29. The Balaban J connectivity index is 1.38. The van der Waals surface area contributed by atoms with E-state index in [9.17, 15) is 9.18 Å². The third kappa shape index (κ3) is 5.89. The first-order valence-corrected chi connectivity index (χ1v) is 9.07. The summed E-state index contributed by atoms with van der Waals surface area (Å²) in [6.07, 6.45) is 2.85. The maximum Gasteiger partial charge on any atom is 0.246 e. The van der Waals surface area contributed by atoms with Gasteiger partial charge < -0.3 is 9.84 Å². The Bertz CT molecular complexity index is 879. The van der Waals surface area contributed by atoms with E-state index in [0.29, 0.717) is 23.2 Å². The molecule has 7 heteroatoms. The van der Waals surface area contributed by atoms with E-state index in [1.54, 1.807) is 36.4 Å². The summed E-state index contributed by atoms with van der Waals surface area (Å²) < 4.78 is 18.0. The Kier molecular flexibility index (Phi) is 6.54. The molecule has 0 atom stereocenters. The van der Waals surface area contributed by atoms with Gasteiger partial charge in [-0.3, -0.25) is 4.79 Å². The van der Waals surface area contributed by atoms with E-state index in [2.05, 4.69) is 15.5 Å². The van der Waals surface area contributed by atoms with Crippen molar-refractivity contribution < 1.29 is 13.7 Å². The second kappa shape index (κ2) is 9.28. The highest BCUT2D eigenvalue weighted by Crippen LogP contribution is 2.18. The molecule has 1 heterocycles. The van der Waals surface area contributed by atoms with Crippen LogP contribution in [0.2, 0.25) is 5.02 Å². The van der Waals surface area contributed by atoms with E-state index in [0.717, 1.165) is 30.4 Å². The summed E-state index contributed by atoms with van der Waals surface area (Å²) in [4.78, 5) is 16.2. The van der Waals surface area contributed by atoms with Crippen LogP contribution in [-0.4, -0.2) is 16.0 Å². The lowest BCUT2D eigenvalue weighted by atomic mass is 10.1. The monoisotopic (exact) mass is 387 g/mol. The summed E-state index contributed by atoms with van der Waals surface area (Å²) in [5, 5.41) is 7.31. The second-order valence-corrected chi connectivity index (χ2v) is 6.57. The van der Waals surface area contributed by atoms with Gasteiger partial charge in [0.15, 0.2) is 0 Å². The second-order valence-electron chi connectivity index (χ2n) is 6.13. The summed E-state index contributed by atoms with van der Waals surface area (Å²) >= 11 is 5.86. The molecule has 0 aliphatic rings. The molecule has 0 fully saturated rings. The van der Waals surface area contributed by atoms with Gasteiger partial charge in [-0.15, -0.1) is 0 Å². The lowest BCUT2D eigenvalue weighted by molar-refractivity contribution is -0.121. The highest BCUT2D eigenvalue weighted by Gasteiger charge is 2.10. The summed E-state index contributed by atoms with van der Waals surface area (Å²) in [6, 6.07) is 13.5. The number of hydrogen-bond donors (Lipinski definition) is 1. The molecule has 2 aromatic carbocycles. The molecule has 3 rings (SSSR count). The number of rotatable bonds is 8. The Hall–Kier alpha value is -2.73. The van der Waals surface area contributed by atoms with Crippen molar-refractivity contribution in [3.8, 4) is 11.4 Å². The van der Waals surface area contributed by atoms with Crippen LogP contribution in [-0.2, 0) is 17.8 Å². The Morgan fingerprint density at radius 1 is 1.07 bits per heavy atom. The van der Waals surface area contributed by atoms with Gasteiger partial charge in [0, 0.05) is 17.0 Å². The third-order valence-electron chi connectivity index (χ3n) is 4.04. The molecular weight excluding hydrogens is 369 g/mol. The van der Waals surface area contributed by atoms with Crippen LogP contribution in [0, 0.1) is 5.82 Å². The van der Waals surface area contributed by atoms with Crippen LogP contribution < -0.4 is 5.32 Å². The quantitative estimate of drug-likeness (QED) is 0.575. The molecule has 0 bridgehead atoms. The molecule has 0 radical (unpaired) electrons. The van der Waals surface area contributed by atoms with E-state index in [1.807, 2.05) is 0 Å². The van der Waals surface area contributed by atoms with Crippen molar-refractivity contribution in [3.05, 3.63) is 70.8 Å². The van der Waals surface area contributed by atoms with Gasteiger partial charge in [0.05, 0.1) is 6.54 Å². The smallest absolute Gasteiger partial charge is 0.246 e. The molecule has 1 amide bonds. The minimum atomic E-state index is -0.238. The molecule has 140 valence electrons. The van der Waals surface area contributed by atoms with E-state index < -0.39 is 0 Å². The first kappa shape index (κ1) is 19.0. The van der Waals surface area contributed by atoms with Gasteiger partial charge in [-0.1, -0.05) is 28.9 Å². The number of carbonyl (C=O) groups excluding carboxylic acids is 1. The average molecular weight is 388 g/mol. The Labute approximate surface area is 161 Å². The van der Waals surface area contributed by atoms with Crippen LogP contribution in [0.3, 0.4) is 0 Å². The summed E-state index contributed by atoms with van der Waals surface area (Å²) in [7, 11) is 0. The van der Waals surface area contributed by atoms with Crippen LogP contribution in [0.4, 0.5) is 4.39 Å². The minimum absolute atomic E-state index is 0.0691. The molecule has 0 unspecified atom stereocenters. The number of nitrogens with zero attached hydrogens (tertiary/aromatic N) is 2. The van der Waals surface area contributed by atoms with Gasteiger partial charge in [0.2, 0.25) is 17.6 Å². The van der Waals surface area contributed by atoms with Gasteiger partial charge in [-0.2, -0.15) is 4.98 Å². The fraction of sp³-hybridized carbons (Fsp3) is 0.250. The van der Waals surface area contributed by atoms with Gasteiger partial charge in [0.25, 0.3) is 0 Å². The van der Waals surface area contributed by atoms with E-state index in [1.165, 1.54) is 12.1 Å². The number of amides is 1. The lowest BCUT2D eigenvalue weighted by Crippen LogP contribution is -2.22. The van der Waals surface area contributed by atoms with Crippen molar-refractivity contribution in [1.29, 1.82) is 0 Å². The van der Waals surface area contributed by atoms with Gasteiger partial charge >= 0.3 is 0 Å². The first-order valence-electron chi connectivity index (χ1n) is 8.70. The van der Waals surface area contributed by atoms with Gasteiger partial charge in [-0.05, 0) is 61.2 Å². The van der Waals surface area contributed by atoms with Crippen molar-refractivity contribution in [1.82, 2.24) is 15.5 Å². The molecule has 5 nitrogen and oxygen atoms in total. The van der Waals surface area contributed by atoms with E-state index >= 15 is 0 Å². The van der Waals surface area contributed by atoms with Crippen molar-refractivity contribution >= 4 is 17.5 Å². The molecular formula is C20H19ClFN3O2. The molecule has 27 heavy (non-hydrogen) atoms. The molecule has 0 aliphatic heterocycles. The molecule has 3 aromatic rings. The molecule has 1 aromatic heterocycles. The molecule has 1 N–H and O–H groups in total. The SMILES string of the molecule is O=C(CCCCc1ccc(F)cc1)NCc1nc(-c2ccc(Cl)cc2)no1. The maximum absolute atomic E-state index is 12.8. The number of aryl methyl sites for hydroxylation is 1. The van der Waals surface area contributed by atoms with Crippen molar-refractivity contribution in [2.75, 3.05) is 0 Å². The fourth-order valence-corrected chi connectivity index (χ4v) is 2.70. The van der Waals surface area contributed by atoms with Crippen LogP contribution >= 0.6 is 11.6 Å². The number of unbranched alkanes of at least 4 members (excludes halogenated alkanes) is 1. The standard InChI is InChI=1S/C20H19ClFN3O2/c21-16-9-7-15(8-10-16)20-24-19(27-25-20)13-23-18(26)4-2-1-3-14-5-11-17(22)12-6-14/h5-12H,1-4,13H2,(H,23,26). The lowest BCUT2D eigenvalue weighted by Gasteiger charge is -2.03. The highest BCUT2D eigenvalue weighted by molar-refractivity contribution is 6.30. The number of aromatic nitrogens is 2. The van der Waals surface area contributed by atoms with Crippen LogP contribution in [0.25, 0.3) is 11.4 Å². The van der Waals surface area contributed by atoms with Crippen molar-refractivity contribution in [2.24, 2.45) is 0 Å². The zero-order valence-corrected chi connectivity index (χ0v) is 15.4. The number of nitrogens with one attached hydrogen (secondary N) is 1. The van der Waals surface area contributed by atoms with Gasteiger partial charge in [-0.25, -0.2) is 4.39 Å². The predicted octanol–water partition coefficient (Wildman–Crippen LogP) is 4.56. The molecule has 0 aliphatic carbocycles. The predicted molar refractivity (Wildman–Crippen MR) is 101 cm³/mol. The summed E-state index contributed by atoms with van der Waals surface area (Å²) in [6.45, 7) is 0.192. The number of benzene rings is 2. The van der Waals surface area contributed by atoms with E-state index in [-0.39, 0.29) is 18.3 Å². The minimum Gasteiger partial charge on any atom is -0.347 e. The Morgan fingerprint density at radius 3 is 2.56 bits per heavy atom. The fourth-order valence-electron chi connectivity index (χ4n) is 2.57.